The minimum atomic E-state index is -4.92. The van der Waals surface area contributed by atoms with Crippen molar-refractivity contribution in [3.05, 3.63) is 103 Å². The highest BCUT2D eigenvalue weighted by molar-refractivity contribution is 7.86. The first-order chi connectivity index (χ1) is 19.9. The zero-order valence-electron chi connectivity index (χ0n) is 21.6. The van der Waals surface area contributed by atoms with Crippen LogP contribution in [0.2, 0.25) is 0 Å². The molecule has 6 aromatic carbocycles. The molecule has 0 atom stereocenters. The summed E-state index contributed by atoms with van der Waals surface area (Å²) in [5.41, 5.74) is 10.9. The second kappa shape index (κ2) is 9.89. The average Bonchev–Trinajstić information content (AvgIpc) is 2.95. The van der Waals surface area contributed by atoms with Crippen LogP contribution in [0.15, 0.2) is 113 Å². The fourth-order valence-electron chi connectivity index (χ4n) is 5.00. The van der Waals surface area contributed by atoms with Crippen LogP contribution in [0.25, 0.3) is 32.3 Å². The lowest BCUT2D eigenvalue weighted by atomic mass is 10.1. The smallest absolute Gasteiger partial charge is 0.295 e. The van der Waals surface area contributed by atoms with Crippen molar-refractivity contribution in [2.24, 2.45) is 0 Å². The molecular formula is C30H23N3O7S2. The Morgan fingerprint density at radius 1 is 0.643 bits per heavy atom. The van der Waals surface area contributed by atoms with Crippen LogP contribution in [0.5, 0.6) is 5.75 Å². The van der Waals surface area contributed by atoms with Gasteiger partial charge >= 0.3 is 0 Å². The minimum Gasteiger partial charge on any atom is -0.507 e. The Balaban J connectivity index is 1.63. The summed E-state index contributed by atoms with van der Waals surface area (Å²) in [5, 5.41) is 15.3. The third-order valence-corrected chi connectivity index (χ3v) is 8.72. The van der Waals surface area contributed by atoms with Gasteiger partial charge in [0.2, 0.25) is 0 Å². The van der Waals surface area contributed by atoms with Crippen LogP contribution >= 0.6 is 0 Å². The van der Waals surface area contributed by atoms with Crippen molar-refractivity contribution in [1.82, 2.24) is 0 Å². The molecule has 6 N–H and O–H groups in total. The number of nitrogens with one attached hydrogen (secondary N) is 1. The monoisotopic (exact) mass is 601 g/mol. The van der Waals surface area contributed by atoms with Crippen LogP contribution in [-0.2, 0) is 20.2 Å². The molecule has 0 unspecified atom stereocenters. The first-order valence-corrected chi connectivity index (χ1v) is 15.4. The van der Waals surface area contributed by atoms with Gasteiger partial charge in [-0.25, -0.2) is 0 Å². The summed E-state index contributed by atoms with van der Waals surface area (Å²) < 4.78 is 68.5. The van der Waals surface area contributed by atoms with E-state index in [0.717, 1.165) is 34.4 Å². The standard InChI is InChI=1S/C30H23N3O7S2/c31-30-25-12-11-23(41(35,36)37)16-26(25)29(42(38,39)40)17-27(30)33(22-10-9-18-5-1-2-6-19(18)14-22)32-21-13-20-7-3-4-8-24(20)28(34)15-21/h1-17,32,34H,31H2,(H,35,36,37)(H,38,39,40). The van der Waals surface area contributed by atoms with E-state index in [9.17, 15) is 31.0 Å². The van der Waals surface area contributed by atoms with E-state index in [2.05, 4.69) is 5.43 Å². The molecule has 6 aromatic rings. The molecule has 0 bridgehead atoms. The Morgan fingerprint density at radius 3 is 2.05 bits per heavy atom. The lowest BCUT2D eigenvalue weighted by Gasteiger charge is -2.29. The number of hydrogen-bond acceptors (Lipinski definition) is 8. The summed E-state index contributed by atoms with van der Waals surface area (Å²) in [6.07, 6.45) is 0. The van der Waals surface area contributed by atoms with Crippen LogP contribution in [-0.4, -0.2) is 31.0 Å². The molecule has 0 aliphatic rings. The molecule has 0 heterocycles. The van der Waals surface area contributed by atoms with E-state index in [1.165, 1.54) is 17.1 Å². The molecule has 0 amide bonds. The number of rotatable bonds is 6. The van der Waals surface area contributed by atoms with Crippen molar-refractivity contribution >= 4 is 75.3 Å². The second-order valence-electron chi connectivity index (χ2n) is 9.66. The van der Waals surface area contributed by atoms with Crippen molar-refractivity contribution in [1.29, 1.82) is 0 Å². The molecule has 10 nitrogen and oxygen atoms in total. The number of benzene rings is 6. The molecule has 0 aromatic heterocycles. The third-order valence-electron chi connectivity index (χ3n) is 6.98. The van der Waals surface area contributed by atoms with Gasteiger partial charge in [0.25, 0.3) is 20.2 Å². The summed E-state index contributed by atoms with van der Waals surface area (Å²) in [5.74, 6) is 0.0110. The SMILES string of the molecule is Nc1c(N(Nc2cc(O)c3ccccc3c2)c2ccc3ccccc3c2)cc(S(=O)(=O)O)c2cc(S(=O)(=O)O)ccc12. The Morgan fingerprint density at radius 2 is 1.33 bits per heavy atom. The Labute approximate surface area is 240 Å². The van der Waals surface area contributed by atoms with Gasteiger partial charge in [-0.1, -0.05) is 60.7 Å². The first-order valence-electron chi connectivity index (χ1n) is 12.5. The van der Waals surface area contributed by atoms with E-state index < -0.39 is 30.0 Å². The maximum atomic E-state index is 12.6. The van der Waals surface area contributed by atoms with Gasteiger partial charge in [-0.2, -0.15) is 16.8 Å². The number of phenolic OH excluding ortho intramolecular Hbond substituents is 1. The number of fused-ring (bicyclic) bond motifs is 3. The van der Waals surface area contributed by atoms with Crippen LogP contribution in [0.1, 0.15) is 0 Å². The van der Waals surface area contributed by atoms with Gasteiger partial charge in [-0.05, 0) is 52.6 Å². The fourth-order valence-corrected chi connectivity index (χ4v) is 6.22. The molecule has 0 spiro atoms. The topological polar surface area (TPSA) is 170 Å². The Bertz CT molecular complexity index is 2270. The van der Waals surface area contributed by atoms with Crippen molar-refractivity contribution in [3.8, 4) is 5.75 Å². The van der Waals surface area contributed by atoms with Crippen LogP contribution < -0.4 is 16.2 Å². The van der Waals surface area contributed by atoms with Crippen molar-refractivity contribution in [2.75, 3.05) is 16.2 Å². The predicted octanol–water partition coefficient (Wildman–Crippen LogP) is 6.09. The highest BCUT2D eigenvalue weighted by Crippen LogP contribution is 2.41. The Hall–Kier alpha value is -4.88. The molecule has 0 aliphatic carbocycles. The number of anilines is 4. The number of phenols is 1. The van der Waals surface area contributed by atoms with Crippen molar-refractivity contribution < 1.29 is 31.0 Å². The molecule has 6 rings (SSSR count). The van der Waals surface area contributed by atoms with Gasteiger partial charge in [-0.15, -0.1) is 0 Å². The first kappa shape index (κ1) is 27.3. The van der Waals surface area contributed by atoms with E-state index in [-0.39, 0.29) is 27.9 Å². The van der Waals surface area contributed by atoms with Gasteiger partial charge in [-0.3, -0.25) is 19.5 Å². The fraction of sp³-hybridized carbons (Fsp3) is 0. The van der Waals surface area contributed by atoms with Crippen LogP contribution in [0.4, 0.5) is 22.7 Å². The summed E-state index contributed by atoms with van der Waals surface area (Å²) in [6, 6.07) is 28.0. The average molecular weight is 602 g/mol. The number of nitrogens with zero attached hydrogens (tertiary/aromatic N) is 1. The molecule has 212 valence electrons. The maximum Gasteiger partial charge on any atom is 0.295 e. The number of hydrazine groups is 1. The maximum absolute atomic E-state index is 12.6. The van der Waals surface area contributed by atoms with E-state index in [4.69, 9.17) is 5.73 Å². The van der Waals surface area contributed by atoms with E-state index in [1.54, 1.807) is 24.3 Å². The number of aromatic hydroxyl groups is 1. The number of hydrogen-bond donors (Lipinski definition) is 5. The minimum absolute atomic E-state index is 0.0110. The predicted molar refractivity (Wildman–Crippen MR) is 163 cm³/mol. The van der Waals surface area contributed by atoms with Gasteiger partial charge in [0.05, 0.1) is 27.6 Å². The second-order valence-corrected chi connectivity index (χ2v) is 12.5. The molecule has 12 heteroatoms. The van der Waals surface area contributed by atoms with Gasteiger partial charge in [0, 0.05) is 22.2 Å². The third kappa shape index (κ3) is 4.92. The number of nitrogen functional groups attached to an aromatic ring is 1. The zero-order chi connectivity index (χ0) is 29.8. The highest BCUT2D eigenvalue weighted by Gasteiger charge is 2.25. The molecule has 0 saturated heterocycles. The molecule has 0 saturated carbocycles. The molecular weight excluding hydrogens is 578 g/mol. The summed E-state index contributed by atoms with van der Waals surface area (Å²) in [7, 11) is -9.60. The summed E-state index contributed by atoms with van der Waals surface area (Å²) in [6.45, 7) is 0. The van der Waals surface area contributed by atoms with E-state index in [1.807, 2.05) is 48.5 Å². The molecule has 0 radical (unpaired) electrons. The Kier molecular flexibility index (Phi) is 6.43. The molecule has 0 fully saturated rings. The van der Waals surface area contributed by atoms with Crippen molar-refractivity contribution in [3.63, 3.8) is 0 Å². The molecule has 42 heavy (non-hydrogen) atoms. The van der Waals surface area contributed by atoms with Gasteiger partial charge in [0.15, 0.2) is 0 Å². The van der Waals surface area contributed by atoms with Crippen molar-refractivity contribution in [2.45, 2.75) is 9.79 Å². The highest BCUT2D eigenvalue weighted by atomic mass is 32.2. The summed E-state index contributed by atoms with van der Waals surface area (Å²) in [4.78, 5) is -1.19. The largest absolute Gasteiger partial charge is 0.507 e. The lowest BCUT2D eigenvalue weighted by molar-refractivity contribution is 0.480. The normalized spacial score (nSPS) is 12.1. The van der Waals surface area contributed by atoms with Crippen LogP contribution in [0.3, 0.4) is 0 Å². The van der Waals surface area contributed by atoms with E-state index in [0.29, 0.717) is 16.8 Å². The lowest BCUT2D eigenvalue weighted by Crippen LogP contribution is -2.26. The quantitative estimate of drug-likeness (QED) is 0.0855. The van der Waals surface area contributed by atoms with Gasteiger partial charge in [0.1, 0.15) is 10.6 Å². The van der Waals surface area contributed by atoms with Crippen LogP contribution in [0, 0.1) is 0 Å². The van der Waals surface area contributed by atoms with E-state index >= 15 is 0 Å². The molecule has 0 aliphatic heterocycles. The summed E-state index contributed by atoms with van der Waals surface area (Å²) >= 11 is 0. The number of nitrogens with two attached hydrogens (primary N) is 1. The van der Waals surface area contributed by atoms with Gasteiger partial charge < -0.3 is 10.8 Å². The zero-order valence-corrected chi connectivity index (χ0v) is 23.3.